The van der Waals surface area contributed by atoms with Gasteiger partial charge in [0, 0.05) is 13.1 Å². The summed E-state index contributed by atoms with van der Waals surface area (Å²) in [5, 5.41) is 0. The van der Waals surface area contributed by atoms with Gasteiger partial charge < -0.3 is 20.1 Å². The standard InChI is InChI=1S/C16H22N2O4/c1-21-16(20)12-5-6-13(17)14(11-12)22-10-7-15(19)18-8-3-2-4-9-18/h5-6,11H,2-4,7-10,17H2,1H3. The molecule has 0 saturated carbocycles. The molecule has 0 unspecified atom stereocenters. The number of hydrogen-bond acceptors (Lipinski definition) is 5. The zero-order valence-electron chi connectivity index (χ0n) is 12.8. The highest BCUT2D eigenvalue weighted by Crippen LogP contribution is 2.23. The smallest absolute Gasteiger partial charge is 0.337 e. The predicted octanol–water partition coefficient (Wildman–Crippen LogP) is 1.84. The average Bonchev–Trinajstić information content (AvgIpc) is 2.56. The minimum Gasteiger partial charge on any atom is -0.491 e. The predicted molar refractivity (Wildman–Crippen MR) is 82.7 cm³/mol. The molecule has 0 spiro atoms. The summed E-state index contributed by atoms with van der Waals surface area (Å²) >= 11 is 0. The van der Waals surface area contributed by atoms with Gasteiger partial charge in [0.1, 0.15) is 5.75 Å². The Balaban J connectivity index is 1.88. The van der Waals surface area contributed by atoms with Gasteiger partial charge in [0.05, 0.1) is 31.4 Å². The Morgan fingerprint density at radius 3 is 2.64 bits per heavy atom. The molecule has 120 valence electrons. The first-order valence-corrected chi connectivity index (χ1v) is 7.50. The van der Waals surface area contributed by atoms with Gasteiger partial charge in [0.15, 0.2) is 0 Å². The molecule has 2 rings (SSSR count). The molecule has 1 aliphatic heterocycles. The van der Waals surface area contributed by atoms with E-state index in [9.17, 15) is 9.59 Å². The fraction of sp³-hybridized carbons (Fsp3) is 0.500. The first kappa shape index (κ1) is 16.1. The summed E-state index contributed by atoms with van der Waals surface area (Å²) in [4.78, 5) is 25.4. The van der Waals surface area contributed by atoms with Crippen molar-refractivity contribution < 1.29 is 19.1 Å². The lowest BCUT2D eigenvalue weighted by Crippen LogP contribution is -2.36. The number of piperidine rings is 1. The molecule has 0 atom stereocenters. The number of ether oxygens (including phenoxy) is 2. The molecule has 0 radical (unpaired) electrons. The van der Waals surface area contributed by atoms with E-state index in [0.717, 1.165) is 25.9 Å². The van der Waals surface area contributed by atoms with Crippen LogP contribution in [0.4, 0.5) is 5.69 Å². The van der Waals surface area contributed by atoms with Crippen molar-refractivity contribution in [3.63, 3.8) is 0 Å². The lowest BCUT2D eigenvalue weighted by Gasteiger charge is -2.26. The largest absolute Gasteiger partial charge is 0.491 e. The molecule has 6 nitrogen and oxygen atoms in total. The summed E-state index contributed by atoms with van der Waals surface area (Å²) in [6.07, 6.45) is 3.64. The number of benzene rings is 1. The molecule has 2 N–H and O–H groups in total. The van der Waals surface area contributed by atoms with Crippen LogP contribution >= 0.6 is 0 Å². The lowest BCUT2D eigenvalue weighted by molar-refractivity contribution is -0.132. The molecule has 0 aromatic heterocycles. The topological polar surface area (TPSA) is 81.9 Å². The van der Waals surface area contributed by atoms with Crippen LogP contribution in [-0.2, 0) is 9.53 Å². The number of nitrogen functional groups attached to an aromatic ring is 1. The zero-order valence-corrected chi connectivity index (χ0v) is 12.8. The van der Waals surface area contributed by atoms with Gasteiger partial charge in [-0.15, -0.1) is 0 Å². The summed E-state index contributed by atoms with van der Waals surface area (Å²) < 4.78 is 10.2. The molecule has 1 fully saturated rings. The van der Waals surface area contributed by atoms with Crippen LogP contribution in [0.2, 0.25) is 0 Å². The summed E-state index contributed by atoms with van der Waals surface area (Å²) in [5.41, 5.74) is 6.62. The molecular formula is C16H22N2O4. The van der Waals surface area contributed by atoms with Gasteiger partial charge in [-0.1, -0.05) is 0 Å². The monoisotopic (exact) mass is 306 g/mol. The van der Waals surface area contributed by atoms with E-state index in [0.29, 0.717) is 23.4 Å². The number of rotatable bonds is 5. The molecule has 1 aromatic rings. The van der Waals surface area contributed by atoms with E-state index in [4.69, 9.17) is 10.5 Å². The van der Waals surface area contributed by atoms with E-state index in [1.54, 1.807) is 12.1 Å². The Morgan fingerprint density at radius 1 is 1.23 bits per heavy atom. The third kappa shape index (κ3) is 4.13. The molecule has 1 aromatic carbocycles. The van der Waals surface area contributed by atoms with Crippen molar-refractivity contribution in [2.24, 2.45) is 0 Å². The lowest BCUT2D eigenvalue weighted by atomic mass is 10.1. The first-order chi connectivity index (χ1) is 10.6. The first-order valence-electron chi connectivity index (χ1n) is 7.50. The molecule has 0 aliphatic carbocycles. The second-order valence-electron chi connectivity index (χ2n) is 5.28. The van der Waals surface area contributed by atoms with Crippen molar-refractivity contribution in [2.45, 2.75) is 25.7 Å². The van der Waals surface area contributed by atoms with E-state index in [1.165, 1.54) is 19.6 Å². The van der Waals surface area contributed by atoms with Crippen LogP contribution in [0.25, 0.3) is 0 Å². The fourth-order valence-electron chi connectivity index (χ4n) is 2.45. The van der Waals surface area contributed by atoms with Crippen molar-refractivity contribution in [3.8, 4) is 5.75 Å². The number of nitrogens with two attached hydrogens (primary N) is 1. The van der Waals surface area contributed by atoms with Crippen LogP contribution in [0.1, 0.15) is 36.0 Å². The third-order valence-corrected chi connectivity index (χ3v) is 3.72. The number of likely N-dealkylation sites (tertiary alicyclic amines) is 1. The van der Waals surface area contributed by atoms with Gasteiger partial charge in [0.2, 0.25) is 5.91 Å². The molecular weight excluding hydrogens is 284 g/mol. The van der Waals surface area contributed by atoms with Crippen LogP contribution in [-0.4, -0.2) is 43.6 Å². The van der Waals surface area contributed by atoms with Crippen molar-refractivity contribution in [1.29, 1.82) is 0 Å². The summed E-state index contributed by atoms with van der Waals surface area (Å²) in [6, 6.07) is 4.70. The SMILES string of the molecule is COC(=O)c1ccc(N)c(OCCC(=O)N2CCCCC2)c1. The van der Waals surface area contributed by atoms with E-state index >= 15 is 0 Å². The molecule has 1 heterocycles. The quantitative estimate of drug-likeness (QED) is 0.663. The highest BCUT2D eigenvalue weighted by Gasteiger charge is 2.16. The molecule has 1 amide bonds. The zero-order chi connectivity index (χ0) is 15.9. The van der Waals surface area contributed by atoms with Gasteiger partial charge >= 0.3 is 5.97 Å². The fourth-order valence-corrected chi connectivity index (χ4v) is 2.45. The molecule has 6 heteroatoms. The number of hydrogen-bond donors (Lipinski definition) is 1. The van der Waals surface area contributed by atoms with Crippen LogP contribution in [0.15, 0.2) is 18.2 Å². The minimum atomic E-state index is -0.450. The number of methoxy groups -OCH3 is 1. The highest BCUT2D eigenvalue weighted by molar-refractivity contribution is 5.90. The Kier molecular flexibility index (Phi) is 5.63. The van der Waals surface area contributed by atoms with E-state index in [-0.39, 0.29) is 12.5 Å². The molecule has 22 heavy (non-hydrogen) atoms. The average molecular weight is 306 g/mol. The maximum atomic E-state index is 12.0. The molecule has 1 aliphatic rings. The molecule has 0 bridgehead atoms. The van der Waals surface area contributed by atoms with Gasteiger partial charge in [-0.3, -0.25) is 4.79 Å². The number of carbonyl (C=O) groups is 2. The van der Waals surface area contributed by atoms with Crippen molar-refractivity contribution in [2.75, 3.05) is 32.5 Å². The summed E-state index contributed by atoms with van der Waals surface area (Å²) in [6.45, 7) is 1.90. The van der Waals surface area contributed by atoms with Gasteiger partial charge in [0.25, 0.3) is 0 Å². The third-order valence-electron chi connectivity index (χ3n) is 3.72. The van der Waals surface area contributed by atoms with Crippen LogP contribution in [0, 0.1) is 0 Å². The molecule has 1 saturated heterocycles. The summed E-state index contributed by atoms with van der Waals surface area (Å²) in [7, 11) is 1.32. The normalized spacial score (nSPS) is 14.5. The number of amides is 1. The second kappa shape index (κ2) is 7.68. The Hall–Kier alpha value is -2.24. The second-order valence-corrected chi connectivity index (χ2v) is 5.28. The van der Waals surface area contributed by atoms with Crippen molar-refractivity contribution >= 4 is 17.6 Å². The summed E-state index contributed by atoms with van der Waals surface area (Å²) in [5.74, 6) is 0.0472. The van der Waals surface area contributed by atoms with Crippen LogP contribution in [0.3, 0.4) is 0 Å². The Morgan fingerprint density at radius 2 is 1.95 bits per heavy atom. The van der Waals surface area contributed by atoms with Gasteiger partial charge in [-0.05, 0) is 37.5 Å². The maximum Gasteiger partial charge on any atom is 0.337 e. The van der Waals surface area contributed by atoms with Crippen LogP contribution in [0.5, 0.6) is 5.75 Å². The number of carbonyl (C=O) groups excluding carboxylic acids is 2. The van der Waals surface area contributed by atoms with E-state index in [1.807, 2.05) is 4.90 Å². The van der Waals surface area contributed by atoms with Gasteiger partial charge in [-0.25, -0.2) is 4.79 Å². The van der Waals surface area contributed by atoms with Gasteiger partial charge in [-0.2, -0.15) is 0 Å². The highest BCUT2D eigenvalue weighted by atomic mass is 16.5. The van der Waals surface area contributed by atoms with Crippen molar-refractivity contribution in [3.05, 3.63) is 23.8 Å². The minimum absolute atomic E-state index is 0.0994. The number of nitrogens with zero attached hydrogens (tertiary/aromatic N) is 1. The number of esters is 1. The Bertz CT molecular complexity index is 539. The van der Waals surface area contributed by atoms with Crippen LogP contribution < -0.4 is 10.5 Å². The number of anilines is 1. The Labute approximate surface area is 130 Å². The van der Waals surface area contributed by atoms with E-state index in [2.05, 4.69) is 4.74 Å². The maximum absolute atomic E-state index is 12.0. The van der Waals surface area contributed by atoms with Crippen molar-refractivity contribution in [1.82, 2.24) is 4.90 Å². The van der Waals surface area contributed by atoms with E-state index < -0.39 is 5.97 Å².